The number of anilines is 1. The summed E-state index contributed by atoms with van der Waals surface area (Å²) in [7, 11) is 0. The first-order valence-electron chi connectivity index (χ1n) is 10.7. The van der Waals surface area contributed by atoms with E-state index < -0.39 is 11.7 Å². The molecule has 2 bridgehead atoms. The van der Waals surface area contributed by atoms with E-state index in [0.29, 0.717) is 17.2 Å². The largest absolute Gasteiger partial charge is 0.417 e. The van der Waals surface area contributed by atoms with Gasteiger partial charge in [-0.3, -0.25) is 9.78 Å². The molecule has 1 aliphatic carbocycles. The van der Waals surface area contributed by atoms with Gasteiger partial charge in [-0.1, -0.05) is 0 Å². The van der Waals surface area contributed by atoms with Gasteiger partial charge in [-0.05, 0) is 56.0 Å². The molecular weight excluding hydrogens is 433 g/mol. The molecule has 3 aromatic heterocycles. The normalized spacial score (nSPS) is 24.2. The minimum absolute atomic E-state index is 0.0210. The Kier molecular flexibility index (Phi) is 5.22. The standard InChI is InChI=1S/C23H21F3N6O/c1-13-14-10-17(31-19-6-5-15(12-30-19)23(24,25)26)18(11-14)32(13)22(33)20-16(4-2-7-27-20)21-28-8-3-9-29-21/h2-9,12-14,17-18H,10-11H2,1H3,(H,30,31)/t13-,14+,17-,18?/m1/s1. The zero-order valence-corrected chi connectivity index (χ0v) is 17.7. The molecule has 0 radical (unpaired) electrons. The van der Waals surface area contributed by atoms with Crippen LogP contribution in [0.2, 0.25) is 0 Å². The van der Waals surface area contributed by atoms with E-state index in [1.165, 1.54) is 6.07 Å². The van der Waals surface area contributed by atoms with Crippen molar-refractivity contribution in [2.45, 2.75) is 44.1 Å². The third-order valence-electron chi connectivity index (χ3n) is 6.52. The highest BCUT2D eigenvalue weighted by Crippen LogP contribution is 2.44. The van der Waals surface area contributed by atoms with Gasteiger partial charge in [0.2, 0.25) is 0 Å². The number of halogens is 3. The van der Waals surface area contributed by atoms with Gasteiger partial charge in [-0.15, -0.1) is 0 Å². The van der Waals surface area contributed by atoms with Gasteiger partial charge < -0.3 is 10.2 Å². The molecule has 1 unspecified atom stereocenters. The van der Waals surface area contributed by atoms with Crippen molar-refractivity contribution in [2.75, 3.05) is 5.32 Å². The Hall–Kier alpha value is -3.56. The van der Waals surface area contributed by atoms with E-state index in [1.54, 1.807) is 36.8 Å². The van der Waals surface area contributed by atoms with Crippen LogP contribution in [0.25, 0.3) is 11.4 Å². The number of carbonyl (C=O) groups is 1. The van der Waals surface area contributed by atoms with E-state index >= 15 is 0 Å². The van der Waals surface area contributed by atoms with E-state index in [2.05, 4.69) is 25.3 Å². The Labute approximate surface area is 188 Å². The molecule has 1 saturated heterocycles. The second kappa shape index (κ2) is 8.09. The smallest absolute Gasteiger partial charge is 0.365 e. The number of piperidine rings is 1. The highest BCUT2D eigenvalue weighted by atomic mass is 19.4. The predicted molar refractivity (Wildman–Crippen MR) is 114 cm³/mol. The molecule has 1 N–H and O–H groups in total. The van der Waals surface area contributed by atoms with Crippen LogP contribution >= 0.6 is 0 Å². The summed E-state index contributed by atoms with van der Waals surface area (Å²) in [5.41, 5.74) is 0.0544. The number of amides is 1. The average molecular weight is 454 g/mol. The van der Waals surface area contributed by atoms with E-state index in [4.69, 9.17) is 0 Å². The Bertz CT molecular complexity index is 1150. The topological polar surface area (TPSA) is 83.9 Å². The molecule has 0 aromatic carbocycles. The Morgan fingerprint density at radius 1 is 1.03 bits per heavy atom. The molecule has 3 aromatic rings. The maximum absolute atomic E-state index is 13.6. The van der Waals surface area contributed by atoms with Crippen LogP contribution < -0.4 is 5.32 Å². The van der Waals surface area contributed by atoms with Gasteiger partial charge in [-0.2, -0.15) is 13.2 Å². The number of fused-ring (bicyclic) bond motifs is 2. The quantitative estimate of drug-likeness (QED) is 0.640. The molecule has 1 aliphatic heterocycles. The average Bonchev–Trinajstić information content (AvgIpc) is 3.36. The summed E-state index contributed by atoms with van der Waals surface area (Å²) >= 11 is 0. The first kappa shape index (κ1) is 21.3. The minimum atomic E-state index is -4.43. The lowest BCUT2D eigenvalue weighted by Crippen LogP contribution is -2.52. The summed E-state index contributed by atoms with van der Waals surface area (Å²) in [6.07, 6.45) is 2.81. The first-order valence-corrected chi connectivity index (χ1v) is 10.7. The van der Waals surface area contributed by atoms with Crippen LogP contribution in [-0.4, -0.2) is 48.9 Å². The van der Waals surface area contributed by atoms with E-state index in [-0.39, 0.29) is 35.6 Å². The molecule has 33 heavy (non-hydrogen) atoms. The Balaban J connectivity index is 1.39. The van der Waals surface area contributed by atoms with Gasteiger partial charge in [0.15, 0.2) is 5.82 Å². The molecule has 2 fully saturated rings. The number of rotatable bonds is 4. The summed E-state index contributed by atoms with van der Waals surface area (Å²) in [5, 5.41) is 3.24. The molecule has 4 heterocycles. The lowest BCUT2D eigenvalue weighted by Gasteiger charge is -2.38. The van der Waals surface area contributed by atoms with Crippen LogP contribution in [0.15, 0.2) is 55.1 Å². The summed E-state index contributed by atoms with van der Waals surface area (Å²) < 4.78 is 38.5. The van der Waals surface area contributed by atoms with Crippen LogP contribution in [0, 0.1) is 5.92 Å². The summed E-state index contributed by atoms with van der Waals surface area (Å²) in [5.74, 6) is 0.863. The van der Waals surface area contributed by atoms with Crippen molar-refractivity contribution in [3.8, 4) is 11.4 Å². The molecular formula is C23H21F3N6O. The molecule has 10 heteroatoms. The van der Waals surface area contributed by atoms with Crippen molar-refractivity contribution in [1.29, 1.82) is 0 Å². The van der Waals surface area contributed by atoms with Gasteiger partial charge in [-0.25, -0.2) is 15.0 Å². The SMILES string of the molecule is C[C@@H]1[C@@H]2CC([C@H](Nc3ccc(C(F)(F)F)cn3)C2)N1C(=O)c1ncccc1-c1ncccn1. The van der Waals surface area contributed by atoms with Crippen LogP contribution in [0.4, 0.5) is 19.0 Å². The second-order valence-corrected chi connectivity index (χ2v) is 8.40. The molecule has 1 amide bonds. The number of alkyl halides is 3. The number of carbonyl (C=O) groups excluding carboxylic acids is 1. The van der Waals surface area contributed by atoms with Gasteiger partial charge in [0.1, 0.15) is 11.5 Å². The lowest BCUT2D eigenvalue weighted by atomic mass is 9.97. The molecule has 4 atom stereocenters. The number of aromatic nitrogens is 4. The van der Waals surface area contributed by atoms with Gasteiger partial charge in [0, 0.05) is 36.9 Å². The summed E-state index contributed by atoms with van der Waals surface area (Å²) in [4.78, 5) is 32.3. The van der Waals surface area contributed by atoms with Crippen molar-refractivity contribution in [3.63, 3.8) is 0 Å². The fourth-order valence-electron chi connectivity index (χ4n) is 4.93. The molecule has 5 rings (SSSR count). The number of nitrogens with one attached hydrogen (secondary N) is 1. The minimum Gasteiger partial charge on any atom is -0.365 e. The van der Waals surface area contributed by atoms with E-state index in [0.717, 1.165) is 25.1 Å². The highest BCUT2D eigenvalue weighted by Gasteiger charge is 2.52. The van der Waals surface area contributed by atoms with E-state index in [9.17, 15) is 18.0 Å². The zero-order chi connectivity index (χ0) is 23.2. The lowest BCUT2D eigenvalue weighted by molar-refractivity contribution is -0.137. The maximum Gasteiger partial charge on any atom is 0.417 e. The number of hydrogen-bond donors (Lipinski definition) is 1. The molecule has 0 spiro atoms. The van der Waals surface area contributed by atoms with Crippen molar-refractivity contribution in [2.24, 2.45) is 5.92 Å². The maximum atomic E-state index is 13.6. The van der Waals surface area contributed by atoms with Crippen molar-refractivity contribution < 1.29 is 18.0 Å². The second-order valence-electron chi connectivity index (χ2n) is 8.40. The number of pyridine rings is 2. The molecule has 1 saturated carbocycles. The summed E-state index contributed by atoms with van der Waals surface area (Å²) in [6, 6.07) is 7.34. The zero-order valence-electron chi connectivity index (χ0n) is 17.7. The Morgan fingerprint density at radius 3 is 2.45 bits per heavy atom. The van der Waals surface area contributed by atoms with Crippen LogP contribution in [0.5, 0.6) is 0 Å². The van der Waals surface area contributed by atoms with E-state index in [1.807, 2.05) is 11.8 Å². The van der Waals surface area contributed by atoms with Crippen molar-refractivity contribution in [1.82, 2.24) is 24.8 Å². The van der Waals surface area contributed by atoms with Crippen LogP contribution in [0.3, 0.4) is 0 Å². The fraction of sp³-hybridized carbons (Fsp3) is 0.348. The fourth-order valence-corrected chi connectivity index (χ4v) is 4.93. The van der Waals surface area contributed by atoms with Crippen LogP contribution in [0.1, 0.15) is 35.8 Å². The third kappa shape index (κ3) is 3.90. The molecule has 7 nitrogen and oxygen atoms in total. The molecule has 2 aliphatic rings. The van der Waals surface area contributed by atoms with Gasteiger partial charge >= 0.3 is 6.18 Å². The monoisotopic (exact) mass is 454 g/mol. The van der Waals surface area contributed by atoms with Crippen molar-refractivity contribution >= 4 is 11.7 Å². The van der Waals surface area contributed by atoms with Crippen LogP contribution in [-0.2, 0) is 6.18 Å². The summed E-state index contributed by atoms with van der Waals surface area (Å²) in [6.45, 7) is 2.02. The van der Waals surface area contributed by atoms with Crippen molar-refractivity contribution in [3.05, 3.63) is 66.4 Å². The third-order valence-corrected chi connectivity index (χ3v) is 6.52. The first-order chi connectivity index (χ1) is 15.8. The highest BCUT2D eigenvalue weighted by molar-refractivity contribution is 5.98. The number of hydrogen-bond acceptors (Lipinski definition) is 6. The number of nitrogens with zero attached hydrogens (tertiary/aromatic N) is 5. The predicted octanol–water partition coefficient (Wildman–Crippen LogP) is 4.06. The van der Waals surface area contributed by atoms with Gasteiger partial charge in [0.05, 0.1) is 17.2 Å². The Morgan fingerprint density at radius 2 is 1.79 bits per heavy atom. The molecule has 170 valence electrons. The van der Waals surface area contributed by atoms with Gasteiger partial charge in [0.25, 0.3) is 5.91 Å². The number of likely N-dealkylation sites (tertiary alicyclic amines) is 1.